The van der Waals surface area contributed by atoms with Crippen molar-refractivity contribution in [1.82, 2.24) is 10.3 Å². The predicted molar refractivity (Wildman–Crippen MR) is 75.6 cm³/mol. The van der Waals surface area contributed by atoms with Gasteiger partial charge < -0.3 is 15.2 Å². The zero-order chi connectivity index (χ0) is 15.2. The van der Waals surface area contributed by atoms with Crippen LogP contribution in [0, 0.1) is 11.8 Å². The van der Waals surface area contributed by atoms with Crippen LogP contribution in [0.5, 0.6) is 5.88 Å². The Kier molecular flexibility index (Phi) is 4.92. The molecule has 1 heterocycles. The van der Waals surface area contributed by atoms with Crippen LogP contribution in [0.15, 0.2) is 30.5 Å². The van der Waals surface area contributed by atoms with Crippen LogP contribution < -0.4 is 10.1 Å². The molecule has 0 spiro atoms. The number of carbonyl (C=O) groups excluding carboxylic acids is 1. The third kappa shape index (κ3) is 3.59. The topological polar surface area (TPSA) is 88.5 Å². The number of nitrogens with one attached hydrogen (secondary N) is 1. The van der Waals surface area contributed by atoms with Gasteiger partial charge in [-0.15, -0.1) is 0 Å². The van der Waals surface area contributed by atoms with Gasteiger partial charge in [-0.25, -0.2) is 4.98 Å². The number of carboxylic acid groups (broad SMARTS) is 1. The second kappa shape index (κ2) is 6.88. The number of carbonyl (C=O) groups is 2. The monoisotopic (exact) mass is 290 g/mol. The number of aromatic nitrogens is 1. The standard InChI is InChI=1S/C15H18N2O4/c1-21-14-10(5-4-8-16-14)9-17-13(18)11-6-2-3-7-12(11)15(19)20/h2-5,8,11-12H,6-7,9H2,1H3,(H,17,18)(H,19,20)/t11-,12+/m1/s1. The molecule has 2 atom stereocenters. The number of hydrogen-bond donors (Lipinski definition) is 2. The SMILES string of the molecule is COc1ncccc1CNC(=O)[C@@H]1CC=CC[C@@H]1C(=O)O. The van der Waals surface area contributed by atoms with Gasteiger partial charge in [-0.05, 0) is 18.9 Å². The smallest absolute Gasteiger partial charge is 0.307 e. The third-order valence-electron chi connectivity index (χ3n) is 3.58. The van der Waals surface area contributed by atoms with Crippen molar-refractivity contribution in [1.29, 1.82) is 0 Å². The van der Waals surface area contributed by atoms with Gasteiger partial charge in [0.25, 0.3) is 0 Å². The van der Waals surface area contributed by atoms with Crippen molar-refractivity contribution in [3.05, 3.63) is 36.0 Å². The maximum atomic E-state index is 12.2. The Morgan fingerprint density at radius 1 is 1.38 bits per heavy atom. The van der Waals surface area contributed by atoms with Gasteiger partial charge in [-0.1, -0.05) is 18.2 Å². The zero-order valence-corrected chi connectivity index (χ0v) is 11.8. The van der Waals surface area contributed by atoms with Gasteiger partial charge in [0.15, 0.2) is 0 Å². The summed E-state index contributed by atoms with van der Waals surface area (Å²) >= 11 is 0. The molecule has 0 saturated carbocycles. The van der Waals surface area contributed by atoms with Crippen LogP contribution in [0.3, 0.4) is 0 Å². The Morgan fingerprint density at radius 3 is 2.76 bits per heavy atom. The molecule has 0 fully saturated rings. The number of aliphatic carboxylic acids is 1. The lowest BCUT2D eigenvalue weighted by Gasteiger charge is -2.24. The molecule has 6 heteroatoms. The largest absolute Gasteiger partial charge is 0.481 e. The Bertz CT molecular complexity index is 556. The summed E-state index contributed by atoms with van der Waals surface area (Å²) in [5.74, 6) is -1.92. The molecule has 0 radical (unpaired) electrons. The molecule has 2 rings (SSSR count). The lowest BCUT2D eigenvalue weighted by molar-refractivity contribution is -0.147. The molecule has 21 heavy (non-hydrogen) atoms. The number of pyridine rings is 1. The number of rotatable bonds is 5. The molecule has 2 N–H and O–H groups in total. The van der Waals surface area contributed by atoms with E-state index in [9.17, 15) is 14.7 Å². The highest BCUT2D eigenvalue weighted by Gasteiger charge is 2.33. The van der Waals surface area contributed by atoms with E-state index in [-0.39, 0.29) is 12.5 Å². The molecule has 6 nitrogen and oxygen atoms in total. The number of carboxylic acids is 1. The zero-order valence-electron chi connectivity index (χ0n) is 11.8. The molecular formula is C15H18N2O4. The van der Waals surface area contributed by atoms with Crippen molar-refractivity contribution < 1.29 is 19.4 Å². The second-order valence-electron chi connectivity index (χ2n) is 4.88. The highest BCUT2D eigenvalue weighted by Crippen LogP contribution is 2.26. The number of nitrogens with zero attached hydrogens (tertiary/aromatic N) is 1. The van der Waals surface area contributed by atoms with Gasteiger partial charge in [0.1, 0.15) is 0 Å². The predicted octanol–water partition coefficient (Wildman–Crippen LogP) is 1.37. The van der Waals surface area contributed by atoms with Crippen molar-refractivity contribution in [3.63, 3.8) is 0 Å². The summed E-state index contributed by atoms with van der Waals surface area (Å²) in [5.41, 5.74) is 0.756. The van der Waals surface area contributed by atoms with Crippen molar-refractivity contribution >= 4 is 11.9 Å². The lowest BCUT2D eigenvalue weighted by atomic mass is 9.82. The molecular weight excluding hydrogens is 272 g/mol. The van der Waals surface area contributed by atoms with Crippen LogP contribution in [0.1, 0.15) is 18.4 Å². The Balaban J connectivity index is 2.01. The number of hydrogen-bond acceptors (Lipinski definition) is 4. The Labute approximate surface area is 122 Å². The van der Waals surface area contributed by atoms with Crippen LogP contribution in [-0.4, -0.2) is 29.1 Å². The van der Waals surface area contributed by atoms with Crippen LogP contribution in [0.4, 0.5) is 0 Å². The van der Waals surface area contributed by atoms with E-state index < -0.39 is 17.8 Å². The molecule has 112 valence electrons. The van der Waals surface area contributed by atoms with Crippen LogP contribution in [0.25, 0.3) is 0 Å². The fourth-order valence-corrected chi connectivity index (χ4v) is 2.43. The van der Waals surface area contributed by atoms with Gasteiger partial charge >= 0.3 is 5.97 Å². The number of methoxy groups -OCH3 is 1. The Morgan fingerprint density at radius 2 is 2.10 bits per heavy atom. The molecule has 1 aliphatic rings. The summed E-state index contributed by atoms with van der Waals surface area (Å²) in [6.07, 6.45) is 6.12. The first-order chi connectivity index (χ1) is 10.1. The van der Waals surface area contributed by atoms with Gasteiger partial charge in [0, 0.05) is 18.3 Å². The van der Waals surface area contributed by atoms with Crippen molar-refractivity contribution in [2.75, 3.05) is 7.11 Å². The van der Waals surface area contributed by atoms with E-state index in [0.29, 0.717) is 18.7 Å². The van der Waals surface area contributed by atoms with Crippen LogP contribution in [0.2, 0.25) is 0 Å². The van der Waals surface area contributed by atoms with Crippen LogP contribution in [-0.2, 0) is 16.1 Å². The van der Waals surface area contributed by atoms with E-state index in [1.807, 2.05) is 18.2 Å². The summed E-state index contributed by atoms with van der Waals surface area (Å²) < 4.78 is 5.11. The molecule has 1 aromatic heterocycles. The normalized spacial score (nSPS) is 20.8. The van der Waals surface area contributed by atoms with E-state index in [2.05, 4.69) is 10.3 Å². The summed E-state index contributed by atoms with van der Waals surface area (Å²) in [7, 11) is 1.51. The summed E-state index contributed by atoms with van der Waals surface area (Å²) in [5, 5.41) is 12.0. The quantitative estimate of drug-likeness (QED) is 0.800. The minimum Gasteiger partial charge on any atom is -0.481 e. The minimum atomic E-state index is -0.932. The molecule has 0 unspecified atom stereocenters. The van der Waals surface area contributed by atoms with E-state index >= 15 is 0 Å². The molecule has 0 saturated heterocycles. The molecule has 1 aliphatic carbocycles. The first-order valence-corrected chi connectivity index (χ1v) is 6.77. The van der Waals surface area contributed by atoms with E-state index in [1.165, 1.54) is 7.11 Å². The minimum absolute atomic E-state index is 0.252. The first-order valence-electron chi connectivity index (χ1n) is 6.77. The van der Waals surface area contributed by atoms with Gasteiger partial charge in [-0.2, -0.15) is 0 Å². The van der Waals surface area contributed by atoms with Gasteiger partial charge in [-0.3, -0.25) is 9.59 Å². The molecule has 1 amide bonds. The summed E-state index contributed by atoms with van der Waals surface area (Å²) in [6.45, 7) is 0.266. The van der Waals surface area contributed by atoms with Crippen LogP contribution >= 0.6 is 0 Å². The number of allylic oxidation sites excluding steroid dienone is 2. The molecule has 0 bridgehead atoms. The summed E-state index contributed by atoms with van der Waals surface area (Å²) in [4.78, 5) is 27.5. The highest BCUT2D eigenvalue weighted by atomic mass is 16.5. The highest BCUT2D eigenvalue weighted by molar-refractivity contribution is 5.85. The van der Waals surface area contributed by atoms with E-state index in [4.69, 9.17) is 4.74 Å². The lowest BCUT2D eigenvalue weighted by Crippen LogP contribution is -2.38. The fraction of sp³-hybridized carbons (Fsp3) is 0.400. The maximum absolute atomic E-state index is 12.2. The second-order valence-corrected chi connectivity index (χ2v) is 4.88. The molecule has 0 aliphatic heterocycles. The van der Waals surface area contributed by atoms with E-state index in [1.54, 1.807) is 12.3 Å². The first kappa shape index (κ1) is 15.0. The maximum Gasteiger partial charge on any atom is 0.307 e. The molecule has 1 aromatic rings. The number of ether oxygens (including phenoxy) is 1. The van der Waals surface area contributed by atoms with Crippen molar-refractivity contribution in [2.45, 2.75) is 19.4 Å². The van der Waals surface area contributed by atoms with Crippen molar-refractivity contribution in [2.24, 2.45) is 11.8 Å². The van der Waals surface area contributed by atoms with Gasteiger partial charge in [0.05, 0.1) is 18.9 Å². The van der Waals surface area contributed by atoms with Gasteiger partial charge in [0.2, 0.25) is 11.8 Å². The Hall–Kier alpha value is -2.37. The summed E-state index contributed by atoms with van der Waals surface area (Å²) in [6, 6.07) is 3.56. The fourth-order valence-electron chi connectivity index (χ4n) is 2.43. The average Bonchev–Trinajstić information content (AvgIpc) is 2.52. The van der Waals surface area contributed by atoms with Crippen molar-refractivity contribution in [3.8, 4) is 5.88 Å². The average molecular weight is 290 g/mol. The third-order valence-corrected chi connectivity index (χ3v) is 3.58. The molecule has 0 aromatic carbocycles. The van der Waals surface area contributed by atoms with E-state index in [0.717, 1.165) is 5.56 Å². The number of amides is 1.